The zero-order chi connectivity index (χ0) is 10.6. The van der Waals surface area contributed by atoms with Crippen LogP contribution in [0.1, 0.15) is 30.0 Å². The van der Waals surface area contributed by atoms with E-state index in [0.29, 0.717) is 5.56 Å². The van der Waals surface area contributed by atoms with Crippen molar-refractivity contribution in [3.05, 3.63) is 47.8 Å². The van der Waals surface area contributed by atoms with Crippen LogP contribution in [0.2, 0.25) is 0 Å². The minimum Gasteiger partial charge on any atom is -0.324 e. The summed E-state index contributed by atoms with van der Waals surface area (Å²) < 4.78 is 13.4. The van der Waals surface area contributed by atoms with Gasteiger partial charge < -0.3 is 5.73 Å². The number of benzene rings is 1. The molecule has 0 bridgehead atoms. The number of halogens is 2. The maximum Gasteiger partial charge on any atom is 0.128 e. The predicted molar refractivity (Wildman–Crippen MR) is 64.7 cm³/mol. The Balaban J connectivity index is 0.00000196. The van der Waals surface area contributed by atoms with Crippen molar-refractivity contribution in [3.8, 4) is 0 Å². The van der Waals surface area contributed by atoms with Gasteiger partial charge in [0.05, 0.1) is 0 Å². The van der Waals surface area contributed by atoms with Crippen LogP contribution in [0.4, 0.5) is 4.39 Å². The summed E-state index contributed by atoms with van der Waals surface area (Å²) in [5.41, 5.74) is 7.36. The van der Waals surface area contributed by atoms with Crippen molar-refractivity contribution < 1.29 is 4.39 Å². The molecule has 0 saturated carbocycles. The normalized spacial score (nSPS) is 11.7. The first-order valence-corrected chi connectivity index (χ1v) is 4.77. The van der Waals surface area contributed by atoms with E-state index < -0.39 is 0 Å². The van der Waals surface area contributed by atoms with E-state index in [1.54, 1.807) is 12.1 Å². The van der Waals surface area contributed by atoms with Crippen molar-refractivity contribution in [2.24, 2.45) is 5.73 Å². The number of aryl methyl sites for hydroxylation is 1. The van der Waals surface area contributed by atoms with Gasteiger partial charge in [-0.15, -0.1) is 19.0 Å². The largest absolute Gasteiger partial charge is 0.324 e. The van der Waals surface area contributed by atoms with Crippen LogP contribution in [0, 0.1) is 12.7 Å². The molecule has 0 saturated heterocycles. The standard InChI is InChI=1S/C12H16FN.ClH/c1-3-4-5-12(14)10-7-6-9(2)8-11(10)13;/h3,6-8,12H,1,4-5,14H2,2H3;1H/t12-;/m0./s1. The zero-order valence-corrected chi connectivity index (χ0v) is 9.69. The Kier molecular flexibility index (Phi) is 6.21. The maximum absolute atomic E-state index is 13.4. The number of nitrogens with two attached hydrogens (primary N) is 1. The lowest BCUT2D eigenvalue weighted by Gasteiger charge is -2.12. The van der Waals surface area contributed by atoms with Gasteiger partial charge in [0.15, 0.2) is 0 Å². The van der Waals surface area contributed by atoms with Crippen LogP contribution in [-0.2, 0) is 0 Å². The highest BCUT2D eigenvalue weighted by atomic mass is 35.5. The maximum atomic E-state index is 13.4. The van der Waals surface area contributed by atoms with E-state index in [-0.39, 0.29) is 24.3 Å². The predicted octanol–water partition coefficient (Wildman–Crippen LogP) is 3.52. The molecule has 3 heteroatoms. The van der Waals surface area contributed by atoms with Gasteiger partial charge in [0, 0.05) is 11.6 Å². The summed E-state index contributed by atoms with van der Waals surface area (Å²) in [6, 6.07) is 4.93. The molecule has 1 aromatic carbocycles. The van der Waals surface area contributed by atoms with Gasteiger partial charge in [-0.3, -0.25) is 0 Å². The summed E-state index contributed by atoms with van der Waals surface area (Å²) in [4.78, 5) is 0. The molecule has 0 heterocycles. The van der Waals surface area contributed by atoms with Crippen LogP contribution in [-0.4, -0.2) is 0 Å². The van der Waals surface area contributed by atoms with Gasteiger partial charge in [-0.1, -0.05) is 18.2 Å². The molecule has 0 aliphatic rings. The second kappa shape index (κ2) is 6.59. The fourth-order valence-electron chi connectivity index (χ4n) is 1.39. The molecular weight excluding hydrogens is 213 g/mol. The molecule has 0 radical (unpaired) electrons. The fraction of sp³-hybridized carbons (Fsp3) is 0.333. The van der Waals surface area contributed by atoms with Gasteiger partial charge in [0.25, 0.3) is 0 Å². The molecule has 0 amide bonds. The highest BCUT2D eigenvalue weighted by Gasteiger charge is 2.09. The molecule has 1 rings (SSSR count). The van der Waals surface area contributed by atoms with E-state index >= 15 is 0 Å². The third kappa shape index (κ3) is 4.02. The molecule has 0 aliphatic heterocycles. The Morgan fingerprint density at radius 3 is 2.73 bits per heavy atom. The Morgan fingerprint density at radius 1 is 1.53 bits per heavy atom. The summed E-state index contributed by atoms with van der Waals surface area (Å²) in [6.07, 6.45) is 3.35. The molecule has 0 spiro atoms. The molecule has 0 aliphatic carbocycles. The quantitative estimate of drug-likeness (QED) is 0.786. The van der Waals surface area contributed by atoms with Crippen molar-refractivity contribution in [2.45, 2.75) is 25.8 Å². The van der Waals surface area contributed by atoms with Gasteiger partial charge in [-0.05, 0) is 31.4 Å². The number of rotatable bonds is 4. The third-order valence-electron chi connectivity index (χ3n) is 2.24. The molecule has 1 aromatic rings. The summed E-state index contributed by atoms with van der Waals surface area (Å²) >= 11 is 0. The van der Waals surface area contributed by atoms with E-state index in [0.717, 1.165) is 18.4 Å². The number of allylic oxidation sites excluding steroid dienone is 1. The Labute approximate surface area is 96.6 Å². The average molecular weight is 230 g/mol. The molecule has 15 heavy (non-hydrogen) atoms. The molecule has 1 atom stereocenters. The minimum atomic E-state index is -0.228. The summed E-state index contributed by atoms with van der Waals surface area (Å²) in [7, 11) is 0. The van der Waals surface area contributed by atoms with Gasteiger partial charge in [-0.25, -0.2) is 4.39 Å². The van der Waals surface area contributed by atoms with E-state index in [4.69, 9.17) is 5.73 Å². The van der Waals surface area contributed by atoms with Crippen molar-refractivity contribution >= 4 is 12.4 Å². The first-order chi connectivity index (χ1) is 6.65. The van der Waals surface area contributed by atoms with Crippen LogP contribution in [0.15, 0.2) is 30.9 Å². The third-order valence-corrected chi connectivity index (χ3v) is 2.24. The topological polar surface area (TPSA) is 26.0 Å². The van der Waals surface area contributed by atoms with Crippen molar-refractivity contribution in [2.75, 3.05) is 0 Å². The fourth-order valence-corrected chi connectivity index (χ4v) is 1.39. The van der Waals surface area contributed by atoms with Crippen LogP contribution in [0.3, 0.4) is 0 Å². The van der Waals surface area contributed by atoms with Gasteiger partial charge in [0.2, 0.25) is 0 Å². The highest BCUT2D eigenvalue weighted by molar-refractivity contribution is 5.85. The second-order valence-electron chi connectivity index (χ2n) is 3.50. The SMILES string of the molecule is C=CCC[C@H](N)c1ccc(C)cc1F.Cl. The Hall–Kier alpha value is -0.860. The molecule has 0 fully saturated rings. The molecule has 0 unspecified atom stereocenters. The summed E-state index contributed by atoms with van der Waals surface area (Å²) in [6.45, 7) is 5.48. The lowest BCUT2D eigenvalue weighted by Crippen LogP contribution is -2.11. The second-order valence-corrected chi connectivity index (χ2v) is 3.50. The van der Waals surface area contributed by atoms with Crippen molar-refractivity contribution in [1.29, 1.82) is 0 Å². The van der Waals surface area contributed by atoms with Crippen LogP contribution >= 0.6 is 12.4 Å². The average Bonchev–Trinajstić information content (AvgIpc) is 2.14. The zero-order valence-electron chi connectivity index (χ0n) is 8.87. The molecule has 84 valence electrons. The van der Waals surface area contributed by atoms with Gasteiger partial charge >= 0.3 is 0 Å². The smallest absolute Gasteiger partial charge is 0.128 e. The first kappa shape index (κ1) is 14.1. The lowest BCUT2D eigenvalue weighted by molar-refractivity contribution is 0.565. The summed E-state index contributed by atoms with van der Waals surface area (Å²) in [5.74, 6) is -0.207. The molecule has 0 aromatic heterocycles. The van der Waals surface area contributed by atoms with Crippen LogP contribution in [0.25, 0.3) is 0 Å². The van der Waals surface area contributed by atoms with E-state index in [2.05, 4.69) is 6.58 Å². The van der Waals surface area contributed by atoms with E-state index in [9.17, 15) is 4.39 Å². The lowest BCUT2D eigenvalue weighted by atomic mass is 10.0. The molecule has 2 N–H and O–H groups in total. The summed E-state index contributed by atoms with van der Waals surface area (Å²) in [5, 5.41) is 0. The monoisotopic (exact) mass is 229 g/mol. The van der Waals surface area contributed by atoms with Crippen LogP contribution in [0.5, 0.6) is 0 Å². The number of hydrogen-bond acceptors (Lipinski definition) is 1. The minimum absolute atomic E-state index is 0. The Bertz CT molecular complexity index is 325. The van der Waals surface area contributed by atoms with Crippen molar-refractivity contribution in [3.63, 3.8) is 0 Å². The first-order valence-electron chi connectivity index (χ1n) is 4.77. The van der Waals surface area contributed by atoms with Crippen LogP contribution < -0.4 is 5.73 Å². The van der Waals surface area contributed by atoms with E-state index in [1.165, 1.54) is 6.07 Å². The molecular formula is C12H17ClFN. The Morgan fingerprint density at radius 2 is 2.20 bits per heavy atom. The highest BCUT2D eigenvalue weighted by Crippen LogP contribution is 2.20. The van der Waals surface area contributed by atoms with E-state index in [1.807, 2.05) is 13.0 Å². The van der Waals surface area contributed by atoms with Gasteiger partial charge in [-0.2, -0.15) is 0 Å². The van der Waals surface area contributed by atoms with Crippen molar-refractivity contribution in [1.82, 2.24) is 0 Å². The molecule has 1 nitrogen and oxygen atoms in total. The van der Waals surface area contributed by atoms with Gasteiger partial charge in [0.1, 0.15) is 5.82 Å². The number of hydrogen-bond donors (Lipinski definition) is 1.